The fourth-order valence-electron chi connectivity index (χ4n) is 3.14. The van der Waals surface area contributed by atoms with Crippen molar-refractivity contribution in [1.82, 2.24) is 0 Å². The first-order valence-electron chi connectivity index (χ1n) is 7.89. The van der Waals surface area contributed by atoms with E-state index in [9.17, 15) is 9.18 Å². The lowest BCUT2D eigenvalue weighted by Crippen LogP contribution is -2.42. The Kier molecular flexibility index (Phi) is 4.42. The molecule has 0 N–H and O–H groups in total. The van der Waals surface area contributed by atoms with Crippen LogP contribution in [0.3, 0.4) is 0 Å². The van der Waals surface area contributed by atoms with Gasteiger partial charge in [-0.25, -0.2) is 4.39 Å². The van der Waals surface area contributed by atoms with E-state index >= 15 is 0 Å². The van der Waals surface area contributed by atoms with E-state index in [2.05, 4.69) is 0 Å². The Morgan fingerprint density at radius 1 is 1.12 bits per heavy atom. The molecule has 3 rings (SSSR count). The summed E-state index contributed by atoms with van der Waals surface area (Å²) in [5.74, 6) is 0.674. The normalized spacial score (nSPS) is 16.5. The minimum absolute atomic E-state index is 0.0450. The van der Waals surface area contributed by atoms with Crippen molar-refractivity contribution in [2.45, 2.75) is 25.8 Å². The van der Waals surface area contributed by atoms with Gasteiger partial charge in [0.2, 0.25) is 0 Å². The van der Waals surface area contributed by atoms with Crippen molar-refractivity contribution in [2.75, 3.05) is 19.1 Å². The van der Waals surface area contributed by atoms with Crippen molar-refractivity contribution in [3.63, 3.8) is 0 Å². The van der Waals surface area contributed by atoms with Crippen LogP contribution in [0.2, 0.25) is 0 Å². The first kappa shape index (κ1) is 16.3. The van der Waals surface area contributed by atoms with Gasteiger partial charge in [0.1, 0.15) is 5.82 Å². The van der Waals surface area contributed by atoms with Gasteiger partial charge in [0, 0.05) is 17.3 Å². The smallest absolute Gasteiger partial charge is 0.258 e. The number of amides is 1. The number of methoxy groups -OCH3 is 2. The molecule has 2 aromatic rings. The van der Waals surface area contributed by atoms with Crippen LogP contribution in [0, 0.1) is 5.82 Å². The van der Waals surface area contributed by atoms with E-state index in [1.54, 1.807) is 36.3 Å². The van der Waals surface area contributed by atoms with Crippen molar-refractivity contribution in [1.29, 1.82) is 0 Å². The summed E-state index contributed by atoms with van der Waals surface area (Å²) in [6.07, 6.45) is 1.57. The number of hydrogen-bond acceptors (Lipinski definition) is 3. The van der Waals surface area contributed by atoms with E-state index in [1.807, 2.05) is 6.92 Å². The van der Waals surface area contributed by atoms with Gasteiger partial charge in [0.25, 0.3) is 5.91 Å². The van der Waals surface area contributed by atoms with Crippen LogP contribution in [0.1, 0.15) is 29.3 Å². The molecule has 1 amide bonds. The third-order valence-electron chi connectivity index (χ3n) is 4.42. The van der Waals surface area contributed by atoms with Crippen LogP contribution in [-0.2, 0) is 6.42 Å². The molecule has 1 heterocycles. The van der Waals surface area contributed by atoms with Gasteiger partial charge in [-0.1, -0.05) is 0 Å². The number of fused-ring (bicyclic) bond motifs is 1. The Morgan fingerprint density at radius 3 is 2.58 bits per heavy atom. The predicted octanol–water partition coefficient (Wildman–Crippen LogP) is 3.82. The molecule has 4 nitrogen and oxygen atoms in total. The predicted molar refractivity (Wildman–Crippen MR) is 90.5 cm³/mol. The molecule has 0 unspecified atom stereocenters. The van der Waals surface area contributed by atoms with Crippen molar-refractivity contribution < 1.29 is 18.7 Å². The molecule has 1 atom stereocenters. The summed E-state index contributed by atoms with van der Waals surface area (Å²) in [4.78, 5) is 14.8. The highest BCUT2D eigenvalue weighted by molar-refractivity contribution is 6.07. The Balaban J connectivity index is 2.01. The maximum atomic E-state index is 13.5. The second kappa shape index (κ2) is 6.51. The highest BCUT2D eigenvalue weighted by Gasteiger charge is 2.29. The largest absolute Gasteiger partial charge is 0.493 e. The number of carbonyl (C=O) groups excluding carboxylic acids is 1. The van der Waals surface area contributed by atoms with Gasteiger partial charge in [-0.3, -0.25) is 4.79 Å². The quantitative estimate of drug-likeness (QED) is 0.859. The zero-order chi connectivity index (χ0) is 17.3. The minimum Gasteiger partial charge on any atom is -0.493 e. The van der Waals surface area contributed by atoms with E-state index in [0.717, 1.165) is 24.1 Å². The van der Waals surface area contributed by atoms with Crippen LogP contribution in [0.5, 0.6) is 11.5 Å². The summed E-state index contributed by atoms with van der Waals surface area (Å²) in [7, 11) is 3.09. The van der Waals surface area contributed by atoms with E-state index < -0.39 is 0 Å². The fraction of sp³-hybridized carbons (Fsp3) is 0.316. The van der Waals surface area contributed by atoms with Crippen LogP contribution in [0.4, 0.5) is 10.1 Å². The summed E-state index contributed by atoms with van der Waals surface area (Å²) in [6.45, 7) is 2.00. The molecule has 0 saturated heterocycles. The van der Waals surface area contributed by atoms with Gasteiger partial charge in [-0.2, -0.15) is 0 Å². The van der Waals surface area contributed by atoms with Crippen LogP contribution >= 0.6 is 0 Å². The van der Waals surface area contributed by atoms with Crippen LogP contribution in [0.25, 0.3) is 0 Å². The van der Waals surface area contributed by atoms with Gasteiger partial charge in [0.05, 0.1) is 14.2 Å². The summed E-state index contributed by atoms with van der Waals surface area (Å²) < 4.78 is 24.0. The molecule has 5 heteroatoms. The van der Waals surface area contributed by atoms with E-state index in [1.165, 1.54) is 19.2 Å². The van der Waals surface area contributed by atoms with Crippen molar-refractivity contribution in [3.8, 4) is 11.5 Å². The summed E-state index contributed by atoms with van der Waals surface area (Å²) in [5, 5.41) is 0. The topological polar surface area (TPSA) is 38.8 Å². The first-order valence-corrected chi connectivity index (χ1v) is 7.89. The van der Waals surface area contributed by atoms with E-state index in [0.29, 0.717) is 17.1 Å². The molecule has 24 heavy (non-hydrogen) atoms. The number of hydrogen-bond donors (Lipinski definition) is 0. The Bertz CT molecular complexity index is 775. The molecule has 1 aliphatic rings. The number of anilines is 1. The standard InChI is InChI=1S/C19H20FNO3/c1-12-4-5-13-10-15(20)7-8-16(13)21(12)19(22)14-6-9-17(23-2)18(11-14)24-3/h6-12H,4-5H2,1-3H3/t12-/m0/s1. The lowest BCUT2D eigenvalue weighted by molar-refractivity contribution is 0.0974. The minimum atomic E-state index is -0.276. The van der Waals surface area contributed by atoms with E-state index in [4.69, 9.17) is 9.47 Å². The van der Waals surface area contributed by atoms with Crippen LogP contribution < -0.4 is 14.4 Å². The lowest BCUT2D eigenvalue weighted by atomic mass is 9.95. The molecule has 1 aliphatic heterocycles. The first-order chi connectivity index (χ1) is 11.5. The number of rotatable bonds is 3. The molecular weight excluding hydrogens is 309 g/mol. The Hall–Kier alpha value is -2.56. The SMILES string of the molecule is COc1ccc(C(=O)N2c3ccc(F)cc3CC[C@@H]2C)cc1OC. The van der Waals surface area contributed by atoms with Gasteiger partial charge < -0.3 is 14.4 Å². The second-order valence-corrected chi connectivity index (χ2v) is 5.91. The van der Waals surface area contributed by atoms with Crippen LogP contribution in [0.15, 0.2) is 36.4 Å². The zero-order valence-electron chi connectivity index (χ0n) is 14.0. The molecule has 126 valence electrons. The summed E-state index contributed by atoms with van der Waals surface area (Å²) >= 11 is 0. The van der Waals surface area contributed by atoms with Gasteiger partial charge in [0.15, 0.2) is 11.5 Å². The zero-order valence-corrected chi connectivity index (χ0v) is 14.0. The number of carbonyl (C=O) groups is 1. The molecule has 0 bridgehead atoms. The molecule has 0 aliphatic carbocycles. The average molecular weight is 329 g/mol. The number of ether oxygens (including phenoxy) is 2. The van der Waals surface area contributed by atoms with Gasteiger partial charge in [-0.05, 0) is 61.7 Å². The molecule has 0 saturated carbocycles. The molecular formula is C19H20FNO3. The van der Waals surface area contributed by atoms with Crippen molar-refractivity contribution >= 4 is 11.6 Å². The fourth-order valence-corrected chi connectivity index (χ4v) is 3.14. The third kappa shape index (κ3) is 2.82. The molecule has 0 radical (unpaired) electrons. The van der Waals surface area contributed by atoms with Crippen molar-refractivity contribution in [2.24, 2.45) is 0 Å². The number of aryl methyl sites for hydroxylation is 1. The monoisotopic (exact) mass is 329 g/mol. The van der Waals surface area contributed by atoms with Gasteiger partial charge >= 0.3 is 0 Å². The number of halogens is 1. The molecule has 2 aromatic carbocycles. The second-order valence-electron chi connectivity index (χ2n) is 5.91. The Labute approximate surface area is 140 Å². The molecule has 0 spiro atoms. The van der Waals surface area contributed by atoms with Gasteiger partial charge in [-0.15, -0.1) is 0 Å². The van der Waals surface area contributed by atoms with E-state index in [-0.39, 0.29) is 17.8 Å². The molecule has 0 aromatic heterocycles. The third-order valence-corrected chi connectivity index (χ3v) is 4.42. The number of nitrogens with zero attached hydrogens (tertiary/aromatic N) is 1. The number of benzene rings is 2. The summed E-state index contributed by atoms with van der Waals surface area (Å²) in [6, 6.07) is 9.73. The highest BCUT2D eigenvalue weighted by atomic mass is 19.1. The lowest BCUT2D eigenvalue weighted by Gasteiger charge is -2.35. The van der Waals surface area contributed by atoms with Crippen molar-refractivity contribution in [3.05, 3.63) is 53.3 Å². The Morgan fingerprint density at radius 2 is 1.88 bits per heavy atom. The maximum absolute atomic E-state index is 13.5. The van der Waals surface area contributed by atoms with Crippen LogP contribution in [-0.4, -0.2) is 26.2 Å². The highest BCUT2D eigenvalue weighted by Crippen LogP contribution is 2.34. The molecule has 0 fully saturated rings. The average Bonchev–Trinajstić information content (AvgIpc) is 2.60. The maximum Gasteiger partial charge on any atom is 0.258 e. The summed E-state index contributed by atoms with van der Waals surface area (Å²) in [5.41, 5.74) is 2.15.